The minimum absolute atomic E-state index is 0.279. The van der Waals surface area contributed by atoms with Crippen molar-refractivity contribution in [3.63, 3.8) is 0 Å². The number of hydrogen-bond donors (Lipinski definition) is 1. The van der Waals surface area contributed by atoms with Gasteiger partial charge in [0.2, 0.25) is 0 Å². The van der Waals surface area contributed by atoms with Crippen LogP contribution >= 0.6 is 23.2 Å². The molecule has 0 aliphatic carbocycles. The Kier molecular flexibility index (Phi) is 3.72. The highest BCUT2D eigenvalue weighted by atomic mass is 35.5. The van der Waals surface area contributed by atoms with Crippen LogP contribution in [0.5, 0.6) is 0 Å². The van der Waals surface area contributed by atoms with Crippen molar-refractivity contribution in [3.8, 4) is 0 Å². The normalized spacial score (nSPS) is 12.5. The molecule has 70 valence electrons. The summed E-state index contributed by atoms with van der Waals surface area (Å²) in [6.45, 7) is 0.279. The van der Waals surface area contributed by atoms with Gasteiger partial charge in [0, 0.05) is 6.54 Å². The summed E-state index contributed by atoms with van der Waals surface area (Å²) in [5.74, 6) is -0.297. The predicted molar refractivity (Wildman–Crippen MR) is 54.3 cm³/mol. The molecule has 0 heterocycles. The third kappa shape index (κ3) is 2.44. The number of carbonyl (C=O) groups is 1. The summed E-state index contributed by atoms with van der Waals surface area (Å²) < 4.78 is 0. The Balaban J connectivity index is 3.01. The molecule has 0 saturated carbocycles. The van der Waals surface area contributed by atoms with E-state index >= 15 is 0 Å². The molecule has 1 aromatic rings. The van der Waals surface area contributed by atoms with Crippen LogP contribution in [0, 0.1) is 0 Å². The van der Waals surface area contributed by atoms with E-state index < -0.39 is 0 Å². The third-order valence-electron chi connectivity index (χ3n) is 1.79. The summed E-state index contributed by atoms with van der Waals surface area (Å²) in [7, 11) is 0. The van der Waals surface area contributed by atoms with E-state index in [0.29, 0.717) is 10.0 Å². The molecule has 0 saturated heterocycles. The third-order valence-corrected chi connectivity index (χ3v) is 2.53. The Morgan fingerprint density at radius 1 is 1.38 bits per heavy atom. The predicted octanol–water partition coefficient (Wildman–Crippen LogP) is 2.23. The van der Waals surface area contributed by atoms with Gasteiger partial charge in [-0.05, 0) is 17.7 Å². The SMILES string of the molecule is NCC(C=O)c1ccc(Cl)c(Cl)c1. The minimum Gasteiger partial charge on any atom is -0.329 e. The Labute approximate surface area is 86.6 Å². The van der Waals surface area contributed by atoms with Gasteiger partial charge in [0.15, 0.2) is 0 Å². The lowest BCUT2D eigenvalue weighted by Gasteiger charge is -2.07. The summed E-state index contributed by atoms with van der Waals surface area (Å²) in [6.07, 6.45) is 0.805. The second-order valence-corrected chi connectivity index (χ2v) is 3.47. The highest BCUT2D eigenvalue weighted by Gasteiger charge is 2.09. The fourth-order valence-electron chi connectivity index (χ4n) is 1.01. The lowest BCUT2D eigenvalue weighted by molar-refractivity contribution is -0.108. The zero-order valence-electron chi connectivity index (χ0n) is 6.84. The van der Waals surface area contributed by atoms with E-state index in [4.69, 9.17) is 28.9 Å². The van der Waals surface area contributed by atoms with E-state index in [2.05, 4.69) is 0 Å². The molecule has 0 aliphatic heterocycles. The van der Waals surface area contributed by atoms with Crippen LogP contribution in [0.3, 0.4) is 0 Å². The van der Waals surface area contributed by atoms with E-state index in [1.807, 2.05) is 0 Å². The maximum Gasteiger partial charge on any atom is 0.128 e. The maximum atomic E-state index is 10.6. The molecule has 2 nitrogen and oxygen atoms in total. The lowest BCUT2D eigenvalue weighted by atomic mass is 10.0. The Hall–Kier alpha value is -0.570. The van der Waals surface area contributed by atoms with Crippen LogP contribution in [0.1, 0.15) is 11.5 Å². The summed E-state index contributed by atoms with van der Waals surface area (Å²) in [4.78, 5) is 10.6. The fraction of sp³-hybridized carbons (Fsp3) is 0.222. The van der Waals surface area contributed by atoms with E-state index in [0.717, 1.165) is 11.8 Å². The van der Waals surface area contributed by atoms with Crippen molar-refractivity contribution in [2.75, 3.05) is 6.54 Å². The number of nitrogens with two attached hydrogens (primary N) is 1. The molecule has 1 aromatic carbocycles. The van der Waals surface area contributed by atoms with Crippen molar-refractivity contribution in [1.29, 1.82) is 0 Å². The molecule has 0 bridgehead atoms. The first-order chi connectivity index (χ1) is 6.19. The van der Waals surface area contributed by atoms with Gasteiger partial charge < -0.3 is 10.5 Å². The highest BCUT2D eigenvalue weighted by molar-refractivity contribution is 6.42. The number of halogens is 2. The topological polar surface area (TPSA) is 43.1 Å². The molecule has 0 radical (unpaired) electrons. The van der Waals surface area contributed by atoms with Crippen LogP contribution in [0.25, 0.3) is 0 Å². The van der Waals surface area contributed by atoms with Crippen LogP contribution < -0.4 is 5.73 Å². The first kappa shape index (κ1) is 10.5. The van der Waals surface area contributed by atoms with Crippen LogP contribution in [0.2, 0.25) is 10.0 Å². The molecule has 4 heteroatoms. The molecule has 0 amide bonds. The van der Waals surface area contributed by atoms with Crippen molar-refractivity contribution < 1.29 is 4.79 Å². The Bertz CT molecular complexity index is 314. The van der Waals surface area contributed by atoms with Crippen LogP contribution in [0.4, 0.5) is 0 Å². The number of rotatable bonds is 3. The lowest BCUT2D eigenvalue weighted by Crippen LogP contribution is -2.13. The first-order valence-electron chi connectivity index (χ1n) is 3.79. The second-order valence-electron chi connectivity index (χ2n) is 2.65. The standard InChI is InChI=1S/C9H9Cl2NO/c10-8-2-1-6(3-9(8)11)7(4-12)5-13/h1-3,5,7H,4,12H2. The van der Waals surface area contributed by atoms with Gasteiger partial charge in [0.25, 0.3) is 0 Å². The molecular formula is C9H9Cl2NO. The monoisotopic (exact) mass is 217 g/mol. The van der Waals surface area contributed by atoms with Crippen molar-refractivity contribution in [3.05, 3.63) is 33.8 Å². The summed E-state index contributed by atoms with van der Waals surface area (Å²) in [5.41, 5.74) is 6.19. The zero-order valence-corrected chi connectivity index (χ0v) is 8.35. The molecule has 2 N–H and O–H groups in total. The van der Waals surface area contributed by atoms with E-state index in [1.165, 1.54) is 0 Å². The number of hydrogen-bond acceptors (Lipinski definition) is 2. The average molecular weight is 218 g/mol. The maximum absolute atomic E-state index is 10.6. The highest BCUT2D eigenvalue weighted by Crippen LogP contribution is 2.25. The van der Waals surface area contributed by atoms with E-state index in [1.54, 1.807) is 18.2 Å². The molecule has 0 aromatic heterocycles. The average Bonchev–Trinajstić information content (AvgIpc) is 2.13. The van der Waals surface area contributed by atoms with Crippen LogP contribution in [-0.2, 0) is 4.79 Å². The van der Waals surface area contributed by atoms with Gasteiger partial charge in [-0.2, -0.15) is 0 Å². The summed E-state index contributed by atoms with van der Waals surface area (Å²) >= 11 is 11.5. The molecule has 1 atom stereocenters. The van der Waals surface area contributed by atoms with Crippen molar-refractivity contribution in [2.45, 2.75) is 5.92 Å². The Morgan fingerprint density at radius 2 is 2.08 bits per heavy atom. The van der Waals surface area contributed by atoms with Crippen LogP contribution in [-0.4, -0.2) is 12.8 Å². The molecule has 0 aliphatic rings. The van der Waals surface area contributed by atoms with E-state index in [9.17, 15) is 4.79 Å². The van der Waals surface area contributed by atoms with Gasteiger partial charge in [0.1, 0.15) is 6.29 Å². The van der Waals surface area contributed by atoms with Gasteiger partial charge in [-0.3, -0.25) is 0 Å². The van der Waals surface area contributed by atoms with Gasteiger partial charge in [-0.15, -0.1) is 0 Å². The molecular weight excluding hydrogens is 209 g/mol. The summed E-state index contributed by atoms with van der Waals surface area (Å²) in [5, 5.41) is 0.923. The summed E-state index contributed by atoms with van der Waals surface area (Å²) in [6, 6.07) is 5.07. The largest absolute Gasteiger partial charge is 0.329 e. The van der Waals surface area contributed by atoms with Gasteiger partial charge in [-0.1, -0.05) is 29.3 Å². The fourth-order valence-corrected chi connectivity index (χ4v) is 1.32. The minimum atomic E-state index is -0.297. The van der Waals surface area contributed by atoms with E-state index in [-0.39, 0.29) is 12.5 Å². The molecule has 1 rings (SSSR count). The van der Waals surface area contributed by atoms with Crippen molar-refractivity contribution in [1.82, 2.24) is 0 Å². The molecule has 13 heavy (non-hydrogen) atoms. The van der Waals surface area contributed by atoms with Crippen LogP contribution in [0.15, 0.2) is 18.2 Å². The quantitative estimate of drug-likeness (QED) is 0.790. The molecule has 0 spiro atoms. The smallest absolute Gasteiger partial charge is 0.128 e. The zero-order chi connectivity index (χ0) is 9.84. The van der Waals surface area contributed by atoms with Gasteiger partial charge in [0.05, 0.1) is 16.0 Å². The molecule has 1 unspecified atom stereocenters. The number of aldehydes is 1. The second kappa shape index (κ2) is 4.61. The van der Waals surface area contributed by atoms with Gasteiger partial charge >= 0.3 is 0 Å². The Morgan fingerprint density at radius 3 is 2.54 bits per heavy atom. The first-order valence-corrected chi connectivity index (χ1v) is 4.55. The van der Waals surface area contributed by atoms with Gasteiger partial charge in [-0.25, -0.2) is 0 Å². The van der Waals surface area contributed by atoms with Crippen molar-refractivity contribution >= 4 is 29.5 Å². The van der Waals surface area contributed by atoms with Crippen molar-refractivity contribution in [2.24, 2.45) is 5.73 Å². The number of benzene rings is 1. The number of carbonyl (C=O) groups excluding carboxylic acids is 1. The molecule has 0 fully saturated rings.